The predicted octanol–water partition coefficient (Wildman–Crippen LogP) is 3.64. The van der Waals surface area contributed by atoms with Gasteiger partial charge >= 0.3 is 0 Å². The third kappa shape index (κ3) is 5.23. The largest absolute Gasteiger partial charge is 0.331 e. The fourth-order valence-corrected chi connectivity index (χ4v) is 3.41. The molecule has 0 aliphatic rings. The van der Waals surface area contributed by atoms with Crippen LogP contribution in [0.4, 0.5) is 0 Å². The second-order valence-electron chi connectivity index (χ2n) is 7.32. The zero-order chi connectivity index (χ0) is 21.1. The van der Waals surface area contributed by atoms with E-state index in [1.54, 1.807) is 21.5 Å². The van der Waals surface area contributed by atoms with Gasteiger partial charge in [-0.25, -0.2) is 9.50 Å². The topological polar surface area (TPSA) is 66.6 Å². The Bertz CT molecular complexity index is 1030. The third-order valence-electron chi connectivity index (χ3n) is 4.49. The number of carbonyl (C=O) groups excluding carboxylic acids is 1. The van der Waals surface area contributed by atoms with Crippen molar-refractivity contribution in [3.05, 3.63) is 57.1 Å². The first-order valence-electron chi connectivity index (χ1n) is 9.33. The van der Waals surface area contributed by atoms with E-state index in [-0.39, 0.29) is 11.7 Å². The van der Waals surface area contributed by atoms with Crippen LogP contribution < -0.4 is 0 Å². The number of hydrogen-bond acceptors (Lipinski definition) is 5. The van der Waals surface area contributed by atoms with Gasteiger partial charge in [-0.15, -0.1) is 5.10 Å². The maximum atomic E-state index is 13.2. The molecule has 0 saturated carbocycles. The fraction of sp³-hybridized carbons (Fsp3) is 0.400. The summed E-state index contributed by atoms with van der Waals surface area (Å²) in [4.78, 5) is 25.8. The van der Waals surface area contributed by atoms with Crippen molar-refractivity contribution in [2.75, 3.05) is 27.2 Å². The summed E-state index contributed by atoms with van der Waals surface area (Å²) in [6, 6.07) is 7.29. The van der Waals surface area contributed by atoms with Gasteiger partial charge in [-0.05, 0) is 64.7 Å². The lowest BCUT2D eigenvalue weighted by Crippen LogP contribution is -2.33. The van der Waals surface area contributed by atoms with Gasteiger partial charge in [0.1, 0.15) is 0 Å². The van der Waals surface area contributed by atoms with Crippen LogP contribution in [0.3, 0.4) is 0 Å². The molecular formula is C20H24Cl2N6O. The highest BCUT2D eigenvalue weighted by molar-refractivity contribution is 6.42. The Hall–Kier alpha value is -2.22. The molecule has 7 nitrogen and oxygen atoms in total. The smallest absolute Gasteiger partial charge is 0.293 e. The first-order valence-corrected chi connectivity index (χ1v) is 10.1. The Morgan fingerprint density at radius 3 is 2.52 bits per heavy atom. The predicted molar refractivity (Wildman–Crippen MR) is 115 cm³/mol. The Morgan fingerprint density at radius 1 is 1.07 bits per heavy atom. The van der Waals surface area contributed by atoms with Crippen molar-refractivity contribution in [1.29, 1.82) is 0 Å². The van der Waals surface area contributed by atoms with Gasteiger partial charge in [-0.1, -0.05) is 29.3 Å². The molecule has 29 heavy (non-hydrogen) atoms. The molecule has 9 heteroatoms. The average molecular weight is 435 g/mol. The molecule has 0 fully saturated rings. The second kappa shape index (κ2) is 9.07. The normalized spacial score (nSPS) is 11.4. The van der Waals surface area contributed by atoms with E-state index in [0.717, 1.165) is 29.9 Å². The summed E-state index contributed by atoms with van der Waals surface area (Å²) in [6.45, 7) is 5.63. The van der Waals surface area contributed by atoms with Gasteiger partial charge in [-0.3, -0.25) is 4.79 Å². The van der Waals surface area contributed by atoms with E-state index >= 15 is 0 Å². The molecule has 0 spiro atoms. The molecule has 0 aliphatic carbocycles. The van der Waals surface area contributed by atoms with Gasteiger partial charge in [0.15, 0.2) is 0 Å². The summed E-state index contributed by atoms with van der Waals surface area (Å²) < 4.78 is 1.59. The summed E-state index contributed by atoms with van der Waals surface area (Å²) >= 11 is 12.2. The molecule has 0 N–H and O–H groups in total. The van der Waals surface area contributed by atoms with Crippen LogP contribution in [0, 0.1) is 13.8 Å². The highest BCUT2D eigenvalue weighted by Gasteiger charge is 2.22. The lowest BCUT2D eigenvalue weighted by Gasteiger charge is -2.22. The molecule has 0 atom stereocenters. The van der Waals surface area contributed by atoms with Crippen LogP contribution in [0.1, 0.15) is 34.0 Å². The highest BCUT2D eigenvalue weighted by Crippen LogP contribution is 2.23. The lowest BCUT2D eigenvalue weighted by atomic mass is 10.2. The van der Waals surface area contributed by atoms with Crippen molar-refractivity contribution in [3.63, 3.8) is 0 Å². The SMILES string of the molecule is Cc1cc(C)n2nc(C(=O)N(CCCN(C)C)Cc3ccc(Cl)c(Cl)c3)nc2n1. The van der Waals surface area contributed by atoms with Crippen LogP contribution in [0.2, 0.25) is 10.0 Å². The summed E-state index contributed by atoms with van der Waals surface area (Å²) in [5.41, 5.74) is 2.61. The number of carbonyl (C=O) groups is 1. The van der Waals surface area contributed by atoms with E-state index < -0.39 is 0 Å². The van der Waals surface area contributed by atoms with Crippen molar-refractivity contribution in [2.24, 2.45) is 0 Å². The number of benzene rings is 1. The first-order chi connectivity index (χ1) is 13.7. The van der Waals surface area contributed by atoms with Gasteiger partial charge in [0.05, 0.1) is 10.0 Å². The summed E-state index contributed by atoms with van der Waals surface area (Å²) in [5, 5.41) is 5.33. The molecular weight excluding hydrogens is 411 g/mol. The van der Waals surface area contributed by atoms with Crippen LogP contribution in [0.25, 0.3) is 5.78 Å². The van der Waals surface area contributed by atoms with Crippen LogP contribution in [0.5, 0.6) is 0 Å². The second-order valence-corrected chi connectivity index (χ2v) is 8.13. The third-order valence-corrected chi connectivity index (χ3v) is 5.23. The van der Waals surface area contributed by atoms with Crippen molar-refractivity contribution in [1.82, 2.24) is 29.4 Å². The van der Waals surface area contributed by atoms with E-state index in [1.165, 1.54) is 0 Å². The minimum absolute atomic E-state index is 0.135. The number of fused-ring (bicyclic) bond motifs is 1. The molecule has 0 unspecified atom stereocenters. The zero-order valence-electron chi connectivity index (χ0n) is 17.0. The maximum absolute atomic E-state index is 13.2. The number of aromatic nitrogens is 4. The highest BCUT2D eigenvalue weighted by atomic mass is 35.5. The maximum Gasteiger partial charge on any atom is 0.293 e. The van der Waals surface area contributed by atoms with Gasteiger partial charge < -0.3 is 9.80 Å². The van der Waals surface area contributed by atoms with Crippen molar-refractivity contribution in [2.45, 2.75) is 26.8 Å². The Balaban J connectivity index is 1.88. The Morgan fingerprint density at radius 2 is 1.83 bits per heavy atom. The molecule has 2 heterocycles. The minimum atomic E-state index is -0.239. The van der Waals surface area contributed by atoms with Crippen LogP contribution >= 0.6 is 23.2 Å². The molecule has 0 aliphatic heterocycles. The van der Waals surface area contributed by atoms with Crippen LogP contribution in [-0.4, -0.2) is 62.5 Å². The van der Waals surface area contributed by atoms with Crippen molar-refractivity contribution in [3.8, 4) is 0 Å². The zero-order valence-corrected chi connectivity index (χ0v) is 18.5. The molecule has 0 saturated heterocycles. The summed E-state index contributed by atoms with van der Waals surface area (Å²) in [6.07, 6.45) is 0.823. The fourth-order valence-electron chi connectivity index (χ4n) is 3.09. The molecule has 1 amide bonds. The monoisotopic (exact) mass is 434 g/mol. The number of nitrogens with zero attached hydrogens (tertiary/aromatic N) is 6. The number of halogens is 2. The molecule has 0 radical (unpaired) electrons. The molecule has 0 bridgehead atoms. The standard InChI is InChI=1S/C20H24Cl2N6O/c1-13-10-14(2)28-20(23-13)24-18(25-28)19(29)27(9-5-8-26(3)4)12-15-6-7-16(21)17(22)11-15/h6-7,10-11H,5,8-9,12H2,1-4H3. The quantitative estimate of drug-likeness (QED) is 0.567. The number of hydrogen-bond donors (Lipinski definition) is 0. The van der Waals surface area contributed by atoms with Crippen molar-refractivity contribution >= 4 is 34.9 Å². The van der Waals surface area contributed by atoms with Crippen LogP contribution in [-0.2, 0) is 6.54 Å². The summed E-state index contributed by atoms with van der Waals surface area (Å²) in [5.74, 6) is 0.321. The first kappa shape index (κ1) is 21.5. The average Bonchev–Trinajstić information content (AvgIpc) is 3.07. The summed E-state index contributed by atoms with van der Waals surface area (Å²) in [7, 11) is 4.01. The van der Waals surface area contributed by atoms with Gasteiger partial charge in [-0.2, -0.15) is 4.98 Å². The number of rotatable bonds is 7. The van der Waals surface area contributed by atoms with E-state index in [0.29, 0.717) is 28.9 Å². The Kier molecular flexibility index (Phi) is 6.72. The molecule has 3 rings (SSSR count). The molecule has 2 aromatic heterocycles. The number of aryl methyl sites for hydroxylation is 2. The van der Waals surface area contributed by atoms with Gasteiger partial charge in [0.2, 0.25) is 5.82 Å². The van der Waals surface area contributed by atoms with E-state index in [9.17, 15) is 4.79 Å². The van der Waals surface area contributed by atoms with E-state index in [4.69, 9.17) is 23.2 Å². The molecule has 154 valence electrons. The molecule has 3 aromatic rings. The van der Waals surface area contributed by atoms with E-state index in [2.05, 4.69) is 20.0 Å². The molecule has 1 aromatic carbocycles. The van der Waals surface area contributed by atoms with Crippen molar-refractivity contribution < 1.29 is 4.79 Å². The minimum Gasteiger partial charge on any atom is -0.331 e. The van der Waals surface area contributed by atoms with Gasteiger partial charge in [0, 0.05) is 24.5 Å². The van der Waals surface area contributed by atoms with Gasteiger partial charge in [0.25, 0.3) is 11.7 Å². The van der Waals surface area contributed by atoms with E-state index in [1.807, 2.05) is 40.1 Å². The lowest BCUT2D eigenvalue weighted by molar-refractivity contribution is 0.0725. The number of amides is 1. The Labute approximate surface area is 180 Å². The van der Waals surface area contributed by atoms with Crippen LogP contribution in [0.15, 0.2) is 24.3 Å².